The van der Waals surface area contributed by atoms with Gasteiger partial charge in [-0.1, -0.05) is 6.07 Å². The summed E-state index contributed by atoms with van der Waals surface area (Å²) < 4.78 is 0. The number of likely N-dealkylation sites (tertiary alicyclic amines) is 1. The van der Waals surface area contributed by atoms with E-state index in [1.54, 1.807) is 0 Å². The second-order valence-electron chi connectivity index (χ2n) is 5.17. The van der Waals surface area contributed by atoms with E-state index in [9.17, 15) is 0 Å². The number of likely N-dealkylation sites (N-methyl/N-ethyl adjacent to an activating group) is 2. The second-order valence-corrected chi connectivity index (χ2v) is 6.20. The minimum atomic E-state index is 0.200. The van der Waals surface area contributed by atoms with E-state index in [1.807, 2.05) is 11.3 Å². The zero-order valence-corrected chi connectivity index (χ0v) is 11.7. The molecular weight excluding hydrogens is 230 g/mol. The molecule has 4 heteroatoms. The van der Waals surface area contributed by atoms with Crippen LogP contribution in [-0.4, -0.2) is 55.6 Å². The third-order valence-corrected chi connectivity index (χ3v) is 4.92. The molecule has 2 rings (SSSR count). The van der Waals surface area contributed by atoms with E-state index in [0.29, 0.717) is 0 Å². The lowest BCUT2D eigenvalue weighted by Gasteiger charge is -2.37. The lowest BCUT2D eigenvalue weighted by Crippen LogP contribution is -2.54. The van der Waals surface area contributed by atoms with Crippen molar-refractivity contribution in [2.45, 2.75) is 18.4 Å². The molecule has 0 bridgehead atoms. The summed E-state index contributed by atoms with van der Waals surface area (Å²) in [5, 5.41) is 2.15. The fourth-order valence-corrected chi connectivity index (χ4v) is 3.36. The highest BCUT2D eigenvalue weighted by Gasteiger charge is 2.38. The minimum absolute atomic E-state index is 0.200. The molecule has 0 spiro atoms. The molecule has 1 aliphatic rings. The van der Waals surface area contributed by atoms with Crippen LogP contribution in [0, 0.1) is 0 Å². The van der Waals surface area contributed by atoms with E-state index in [0.717, 1.165) is 26.1 Å². The van der Waals surface area contributed by atoms with Gasteiger partial charge in [-0.2, -0.15) is 0 Å². The molecule has 2 N–H and O–H groups in total. The van der Waals surface area contributed by atoms with Crippen molar-refractivity contribution in [3.8, 4) is 0 Å². The van der Waals surface area contributed by atoms with Gasteiger partial charge in [0.25, 0.3) is 0 Å². The van der Waals surface area contributed by atoms with E-state index in [-0.39, 0.29) is 5.54 Å². The minimum Gasteiger partial charge on any atom is -0.329 e. The van der Waals surface area contributed by atoms with Gasteiger partial charge in [-0.15, -0.1) is 11.3 Å². The van der Waals surface area contributed by atoms with Gasteiger partial charge in [0.1, 0.15) is 0 Å². The summed E-state index contributed by atoms with van der Waals surface area (Å²) in [6, 6.07) is 4.34. The monoisotopic (exact) mass is 253 g/mol. The Morgan fingerprint density at radius 2 is 2.41 bits per heavy atom. The summed E-state index contributed by atoms with van der Waals surface area (Å²) in [5.41, 5.74) is 6.22. The fraction of sp³-hybridized carbons (Fsp3) is 0.692. The summed E-state index contributed by atoms with van der Waals surface area (Å²) in [5.74, 6) is 0. The van der Waals surface area contributed by atoms with Crippen molar-refractivity contribution in [1.29, 1.82) is 0 Å². The van der Waals surface area contributed by atoms with Crippen molar-refractivity contribution >= 4 is 11.3 Å². The molecule has 1 aromatic rings. The molecule has 0 saturated carbocycles. The van der Waals surface area contributed by atoms with Gasteiger partial charge in [0.15, 0.2) is 0 Å². The predicted molar refractivity (Wildman–Crippen MR) is 74.6 cm³/mol. The van der Waals surface area contributed by atoms with Crippen molar-refractivity contribution in [3.05, 3.63) is 22.4 Å². The maximum absolute atomic E-state index is 6.02. The van der Waals surface area contributed by atoms with Gasteiger partial charge < -0.3 is 10.6 Å². The first kappa shape index (κ1) is 13.0. The number of rotatable bonds is 5. The van der Waals surface area contributed by atoms with Crippen molar-refractivity contribution < 1.29 is 0 Å². The van der Waals surface area contributed by atoms with E-state index in [1.165, 1.54) is 17.8 Å². The summed E-state index contributed by atoms with van der Waals surface area (Å²) in [6.07, 6.45) is 2.33. The van der Waals surface area contributed by atoms with Crippen LogP contribution in [0.2, 0.25) is 0 Å². The standard InChI is InChI=1S/C13H23N3S/c1-15-8-6-13(10-14,11-15)16(2)7-5-12-4-3-9-17-12/h3-4,9H,5-8,10-11,14H2,1-2H3. The molecule has 0 amide bonds. The third kappa shape index (κ3) is 2.88. The molecule has 1 atom stereocenters. The van der Waals surface area contributed by atoms with Gasteiger partial charge in [-0.25, -0.2) is 0 Å². The molecule has 1 fully saturated rings. The molecule has 1 saturated heterocycles. The van der Waals surface area contributed by atoms with Gasteiger partial charge in [0, 0.05) is 30.1 Å². The zero-order valence-electron chi connectivity index (χ0n) is 10.9. The molecule has 1 unspecified atom stereocenters. The highest BCUT2D eigenvalue weighted by molar-refractivity contribution is 7.09. The van der Waals surface area contributed by atoms with Crippen molar-refractivity contribution in [2.24, 2.45) is 5.73 Å². The Morgan fingerprint density at radius 1 is 1.59 bits per heavy atom. The molecule has 96 valence electrons. The second kappa shape index (κ2) is 5.48. The van der Waals surface area contributed by atoms with E-state index in [2.05, 4.69) is 41.4 Å². The van der Waals surface area contributed by atoms with Crippen LogP contribution in [0.15, 0.2) is 17.5 Å². The number of nitrogens with zero attached hydrogens (tertiary/aromatic N) is 2. The Labute approximate surface area is 108 Å². The summed E-state index contributed by atoms with van der Waals surface area (Å²) in [6.45, 7) is 4.13. The van der Waals surface area contributed by atoms with Gasteiger partial charge in [-0.3, -0.25) is 4.90 Å². The molecule has 0 aliphatic carbocycles. The van der Waals surface area contributed by atoms with Crippen molar-refractivity contribution in [2.75, 3.05) is 40.3 Å². The van der Waals surface area contributed by atoms with E-state index in [4.69, 9.17) is 5.73 Å². The fourth-order valence-electron chi connectivity index (χ4n) is 2.66. The topological polar surface area (TPSA) is 32.5 Å². The Hall–Kier alpha value is -0.420. The average Bonchev–Trinajstić information content (AvgIpc) is 2.95. The van der Waals surface area contributed by atoms with Gasteiger partial charge >= 0.3 is 0 Å². The lowest BCUT2D eigenvalue weighted by atomic mass is 9.96. The number of thiophene rings is 1. The van der Waals surface area contributed by atoms with Crippen LogP contribution in [0.25, 0.3) is 0 Å². The molecule has 0 aromatic carbocycles. The number of nitrogens with two attached hydrogens (primary N) is 1. The quantitative estimate of drug-likeness (QED) is 0.857. The van der Waals surface area contributed by atoms with Gasteiger partial charge in [0.05, 0.1) is 0 Å². The van der Waals surface area contributed by atoms with Crippen molar-refractivity contribution in [1.82, 2.24) is 9.80 Å². The summed E-state index contributed by atoms with van der Waals surface area (Å²) >= 11 is 1.85. The van der Waals surface area contributed by atoms with Crippen LogP contribution in [-0.2, 0) is 6.42 Å². The molecule has 0 radical (unpaired) electrons. The van der Waals surface area contributed by atoms with Crippen LogP contribution >= 0.6 is 11.3 Å². The first-order chi connectivity index (χ1) is 8.16. The van der Waals surface area contributed by atoms with Crippen LogP contribution in [0.5, 0.6) is 0 Å². The molecule has 2 heterocycles. The predicted octanol–water partition coefficient (Wildman–Crippen LogP) is 1.26. The normalized spacial score (nSPS) is 25.9. The Morgan fingerprint density at radius 3 is 2.94 bits per heavy atom. The van der Waals surface area contributed by atoms with E-state index < -0.39 is 0 Å². The van der Waals surface area contributed by atoms with Gasteiger partial charge in [-0.05, 0) is 44.9 Å². The third-order valence-electron chi connectivity index (χ3n) is 3.99. The highest BCUT2D eigenvalue weighted by atomic mass is 32.1. The van der Waals surface area contributed by atoms with Crippen LogP contribution in [0.1, 0.15) is 11.3 Å². The first-order valence-electron chi connectivity index (χ1n) is 6.28. The Bertz CT molecular complexity index is 338. The van der Waals surface area contributed by atoms with Gasteiger partial charge in [0.2, 0.25) is 0 Å². The zero-order chi connectivity index (χ0) is 12.3. The highest BCUT2D eigenvalue weighted by Crippen LogP contribution is 2.25. The summed E-state index contributed by atoms with van der Waals surface area (Å²) in [4.78, 5) is 6.32. The maximum Gasteiger partial charge on any atom is 0.0467 e. The molecule has 17 heavy (non-hydrogen) atoms. The van der Waals surface area contributed by atoms with Crippen LogP contribution < -0.4 is 5.73 Å². The molecule has 1 aromatic heterocycles. The van der Waals surface area contributed by atoms with Crippen LogP contribution in [0.4, 0.5) is 0 Å². The first-order valence-corrected chi connectivity index (χ1v) is 7.16. The number of hydrogen-bond donors (Lipinski definition) is 1. The lowest BCUT2D eigenvalue weighted by molar-refractivity contribution is 0.135. The molecule has 3 nitrogen and oxygen atoms in total. The molecule has 1 aliphatic heterocycles. The summed E-state index contributed by atoms with van der Waals surface area (Å²) in [7, 11) is 4.41. The smallest absolute Gasteiger partial charge is 0.0467 e. The number of hydrogen-bond acceptors (Lipinski definition) is 4. The maximum atomic E-state index is 6.02. The SMILES string of the molecule is CN1CCC(CN)(N(C)CCc2cccs2)C1. The average molecular weight is 253 g/mol. The Balaban J connectivity index is 1.91. The van der Waals surface area contributed by atoms with E-state index >= 15 is 0 Å². The largest absolute Gasteiger partial charge is 0.329 e. The molecular formula is C13H23N3S. The Kier molecular flexibility index (Phi) is 4.20. The van der Waals surface area contributed by atoms with Crippen molar-refractivity contribution in [3.63, 3.8) is 0 Å². The van der Waals surface area contributed by atoms with Crippen LogP contribution in [0.3, 0.4) is 0 Å².